The number of ether oxygens (including phenoxy) is 2. The van der Waals surface area contributed by atoms with Crippen molar-refractivity contribution in [3.63, 3.8) is 0 Å². The predicted octanol–water partition coefficient (Wildman–Crippen LogP) is 2.75. The van der Waals surface area contributed by atoms with Gasteiger partial charge < -0.3 is 9.47 Å². The number of benzene rings is 1. The van der Waals surface area contributed by atoms with Crippen LogP contribution in [0.1, 0.15) is 28.8 Å². The number of rotatable bonds is 7. The molecule has 25 heavy (non-hydrogen) atoms. The lowest BCUT2D eigenvalue weighted by molar-refractivity contribution is 0.0233. The molecular weight excluding hydrogens is 320 g/mol. The molecule has 1 fully saturated rings. The van der Waals surface area contributed by atoms with Crippen LogP contribution >= 0.6 is 0 Å². The molecule has 2 heterocycles. The topological polar surface area (TPSA) is 69.7 Å². The summed E-state index contributed by atoms with van der Waals surface area (Å²) in [6.45, 7) is 2.53. The van der Waals surface area contributed by atoms with E-state index in [0.29, 0.717) is 30.6 Å². The molecule has 0 radical (unpaired) electrons. The Kier molecular flexibility index (Phi) is 6.36. The first kappa shape index (κ1) is 17.4. The molecule has 0 saturated carbocycles. The van der Waals surface area contributed by atoms with Gasteiger partial charge in [-0.25, -0.2) is 10.5 Å². The highest BCUT2D eigenvalue weighted by atomic mass is 16.6. The van der Waals surface area contributed by atoms with Crippen molar-refractivity contribution in [2.75, 3.05) is 19.8 Å². The summed E-state index contributed by atoms with van der Waals surface area (Å²) in [6.07, 6.45) is 3.51. The van der Waals surface area contributed by atoms with Crippen LogP contribution in [0, 0.1) is 5.92 Å². The maximum atomic E-state index is 12.0. The number of hydrogen-bond acceptors (Lipinski definition) is 5. The van der Waals surface area contributed by atoms with Crippen molar-refractivity contribution in [1.29, 1.82) is 0 Å². The van der Waals surface area contributed by atoms with E-state index >= 15 is 0 Å². The van der Waals surface area contributed by atoms with E-state index in [9.17, 15) is 4.79 Å². The molecule has 2 aromatic rings. The third-order valence-electron chi connectivity index (χ3n) is 4.05. The molecule has 3 rings (SSSR count). The highest BCUT2D eigenvalue weighted by Gasteiger charge is 2.15. The van der Waals surface area contributed by atoms with Crippen LogP contribution in [0.25, 0.3) is 0 Å². The Morgan fingerprint density at radius 1 is 1.16 bits per heavy atom. The predicted molar refractivity (Wildman–Crippen MR) is 92.0 cm³/mol. The maximum Gasteiger partial charge on any atom is 0.276 e. The van der Waals surface area contributed by atoms with Gasteiger partial charge in [0.15, 0.2) is 0 Å². The number of carbonyl (C=O) groups excluding carboxylic acids is 1. The van der Waals surface area contributed by atoms with Crippen molar-refractivity contribution >= 4 is 5.91 Å². The van der Waals surface area contributed by atoms with E-state index in [-0.39, 0.29) is 5.91 Å². The number of aromatic nitrogens is 1. The first-order valence-electron chi connectivity index (χ1n) is 8.44. The quantitative estimate of drug-likeness (QED) is 0.784. The van der Waals surface area contributed by atoms with Gasteiger partial charge in [-0.15, -0.1) is 0 Å². The molecule has 6 heteroatoms. The van der Waals surface area contributed by atoms with Gasteiger partial charge in [-0.1, -0.05) is 30.3 Å². The van der Waals surface area contributed by atoms with Crippen LogP contribution in [0.4, 0.5) is 0 Å². The van der Waals surface area contributed by atoms with E-state index in [2.05, 4.69) is 10.5 Å². The molecule has 0 atom stereocenters. The summed E-state index contributed by atoms with van der Waals surface area (Å²) in [5.74, 6) is 0.692. The molecule has 1 aromatic heterocycles. The van der Waals surface area contributed by atoms with Gasteiger partial charge in [0.05, 0.1) is 18.8 Å². The van der Waals surface area contributed by atoms with Crippen molar-refractivity contribution in [3.8, 4) is 5.88 Å². The van der Waals surface area contributed by atoms with Gasteiger partial charge in [0.1, 0.15) is 0 Å². The van der Waals surface area contributed by atoms with Crippen molar-refractivity contribution in [1.82, 2.24) is 10.5 Å². The molecule has 0 bridgehead atoms. The normalized spacial score (nSPS) is 14.9. The summed E-state index contributed by atoms with van der Waals surface area (Å²) in [5, 5.41) is 0. The van der Waals surface area contributed by atoms with Crippen molar-refractivity contribution in [2.24, 2.45) is 5.92 Å². The standard InChI is InChI=1S/C19H22N2O4/c22-19(21-25-14-15-4-2-1-3-5-15)17-6-7-18(20-12-17)24-13-16-8-10-23-11-9-16/h1-7,12,16H,8-11,13-14H2,(H,21,22). The second-order valence-electron chi connectivity index (χ2n) is 5.96. The second-order valence-corrected chi connectivity index (χ2v) is 5.96. The third kappa shape index (κ3) is 5.55. The summed E-state index contributed by atoms with van der Waals surface area (Å²) in [5.41, 5.74) is 3.82. The number of pyridine rings is 1. The molecular formula is C19H22N2O4. The zero-order chi connectivity index (χ0) is 17.3. The van der Waals surface area contributed by atoms with Gasteiger partial charge in [0.2, 0.25) is 5.88 Å². The van der Waals surface area contributed by atoms with Crippen LogP contribution in [0.15, 0.2) is 48.7 Å². The monoisotopic (exact) mass is 342 g/mol. The fourth-order valence-electron chi connectivity index (χ4n) is 2.53. The summed E-state index contributed by atoms with van der Waals surface area (Å²) < 4.78 is 11.0. The zero-order valence-electron chi connectivity index (χ0n) is 14.0. The number of hydroxylamine groups is 1. The Morgan fingerprint density at radius 3 is 2.68 bits per heavy atom. The largest absolute Gasteiger partial charge is 0.477 e. The summed E-state index contributed by atoms with van der Waals surface area (Å²) in [4.78, 5) is 21.4. The van der Waals surface area contributed by atoms with E-state index in [1.165, 1.54) is 6.20 Å². The number of nitrogens with one attached hydrogen (secondary N) is 1. The highest BCUT2D eigenvalue weighted by Crippen LogP contribution is 2.16. The van der Waals surface area contributed by atoms with Gasteiger partial charge >= 0.3 is 0 Å². The van der Waals surface area contributed by atoms with Gasteiger partial charge in [0.25, 0.3) is 5.91 Å². The Morgan fingerprint density at radius 2 is 1.96 bits per heavy atom. The third-order valence-corrected chi connectivity index (χ3v) is 4.05. The van der Waals surface area contributed by atoms with Crippen LogP contribution in [-0.4, -0.2) is 30.7 Å². The fourth-order valence-corrected chi connectivity index (χ4v) is 2.53. The van der Waals surface area contributed by atoms with Crippen LogP contribution in [-0.2, 0) is 16.2 Å². The van der Waals surface area contributed by atoms with Gasteiger partial charge in [-0.2, -0.15) is 0 Å². The molecule has 1 aliphatic rings. The Hall–Kier alpha value is -2.44. The molecule has 1 N–H and O–H groups in total. The van der Waals surface area contributed by atoms with E-state index < -0.39 is 0 Å². The Balaban J connectivity index is 1.42. The molecule has 0 unspecified atom stereocenters. The average Bonchev–Trinajstić information content (AvgIpc) is 2.68. The van der Waals surface area contributed by atoms with Crippen LogP contribution < -0.4 is 10.2 Å². The Labute approximate surface area is 147 Å². The average molecular weight is 342 g/mol. The Bertz CT molecular complexity index is 655. The number of amides is 1. The first-order valence-corrected chi connectivity index (χ1v) is 8.44. The molecule has 1 aromatic carbocycles. The molecule has 1 saturated heterocycles. The molecule has 0 spiro atoms. The first-order chi connectivity index (χ1) is 12.3. The SMILES string of the molecule is O=C(NOCc1ccccc1)c1ccc(OCC2CCOCC2)nc1. The van der Waals surface area contributed by atoms with Gasteiger partial charge in [-0.3, -0.25) is 9.63 Å². The maximum absolute atomic E-state index is 12.0. The summed E-state index contributed by atoms with van der Waals surface area (Å²) in [7, 11) is 0. The fraction of sp³-hybridized carbons (Fsp3) is 0.368. The lowest BCUT2D eigenvalue weighted by Gasteiger charge is -2.21. The van der Waals surface area contributed by atoms with Crippen molar-refractivity contribution in [2.45, 2.75) is 19.4 Å². The minimum atomic E-state index is -0.334. The van der Waals surface area contributed by atoms with Crippen LogP contribution in [0.2, 0.25) is 0 Å². The van der Waals surface area contributed by atoms with Crippen molar-refractivity contribution in [3.05, 3.63) is 59.8 Å². The zero-order valence-corrected chi connectivity index (χ0v) is 14.0. The van der Waals surface area contributed by atoms with E-state index in [1.807, 2.05) is 30.3 Å². The van der Waals surface area contributed by atoms with E-state index in [0.717, 1.165) is 31.6 Å². The lowest BCUT2D eigenvalue weighted by Crippen LogP contribution is -2.24. The minimum absolute atomic E-state index is 0.312. The molecule has 132 valence electrons. The van der Waals surface area contributed by atoms with E-state index in [4.69, 9.17) is 14.3 Å². The summed E-state index contributed by atoms with van der Waals surface area (Å²) >= 11 is 0. The van der Waals surface area contributed by atoms with Crippen LogP contribution in [0.3, 0.4) is 0 Å². The van der Waals surface area contributed by atoms with Gasteiger partial charge in [-0.05, 0) is 30.4 Å². The van der Waals surface area contributed by atoms with E-state index in [1.54, 1.807) is 12.1 Å². The second kappa shape index (κ2) is 9.15. The molecule has 0 aliphatic carbocycles. The minimum Gasteiger partial charge on any atom is -0.477 e. The van der Waals surface area contributed by atoms with Gasteiger partial charge in [0, 0.05) is 25.5 Å². The number of carbonyl (C=O) groups is 1. The smallest absolute Gasteiger partial charge is 0.276 e. The molecule has 1 amide bonds. The molecule has 1 aliphatic heterocycles. The number of hydrogen-bond donors (Lipinski definition) is 1. The van der Waals surface area contributed by atoms with Crippen LogP contribution in [0.5, 0.6) is 5.88 Å². The number of nitrogens with zero attached hydrogens (tertiary/aromatic N) is 1. The lowest BCUT2D eigenvalue weighted by atomic mass is 10.0. The van der Waals surface area contributed by atoms with Crippen molar-refractivity contribution < 1.29 is 19.1 Å². The molecule has 6 nitrogen and oxygen atoms in total. The highest BCUT2D eigenvalue weighted by molar-refractivity contribution is 5.93. The summed E-state index contributed by atoms with van der Waals surface area (Å²) in [6, 6.07) is 13.0.